The molecule has 1 fully saturated rings. The molecule has 1 aliphatic heterocycles. The fourth-order valence-electron chi connectivity index (χ4n) is 3.32. The smallest absolute Gasteiger partial charge is 0.271 e. The molecule has 0 saturated carbocycles. The summed E-state index contributed by atoms with van der Waals surface area (Å²) in [4.78, 5) is 25.0. The molecule has 0 aromatic heterocycles. The first-order valence-corrected chi connectivity index (χ1v) is 12.0. The number of rotatable bonds is 7. The van der Waals surface area contributed by atoms with Crippen molar-refractivity contribution in [2.24, 2.45) is 0 Å². The molecule has 1 saturated heterocycles. The Balaban J connectivity index is 0.000000430. The number of hydrazine groups is 1. The van der Waals surface area contributed by atoms with Crippen molar-refractivity contribution in [2.75, 3.05) is 31.5 Å². The highest BCUT2D eigenvalue weighted by molar-refractivity contribution is 7.80. The van der Waals surface area contributed by atoms with Gasteiger partial charge in [-0.2, -0.15) is 0 Å². The van der Waals surface area contributed by atoms with E-state index in [4.69, 9.17) is 23.8 Å². The molecule has 1 heterocycles. The van der Waals surface area contributed by atoms with Crippen LogP contribution in [0.5, 0.6) is 0 Å². The van der Waals surface area contributed by atoms with Gasteiger partial charge in [-0.3, -0.25) is 20.4 Å². The highest BCUT2D eigenvalue weighted by atomic mass is 35.5. The van der Waals surface area contributed by atoms with Crippen LogP contribution in [0.4, 0.5) is 10.1 Å². The van der Waals surface area contributed by atoms with Crippen LogP contribution < -0.4 is 21.5 Å². The van der Waals surface area contributed by atoms with Crippen molar-refractivity contribution in [3.63, 3.8) is 0 Å². The minimum absolute atomic E-state index is 0.132. The molecule has 184 valence electrons. The molecule has 3 rings (SSSR count). The molecule has 2 amide bonds. The number of carbonyl (C=O) groups excluding carboxylic acids is 2. The molecule has 2 aromatic rings. The third kappa shape index (κ3) is 10.0. The monoisotopic (exact) mass is 507 g/mol. The summed E-state index contributed by atoms with van der Waals surface area (Å²) in [5.41, 5.74) is 6.66. The highest BCUT2D eigenvalue weighted by Crippen LogP contribution is 2.20. The topological polar surface area (TPSA) is 85.5 Å². The Bertz CT molecular complexity index is 936. The van der Waals surface area contributed by atoms with Gasteiger partial charge in [-0.05, 0) is 87.9 Å². The van der Waals surface area contributed by atoms with Gasteiger partial charge in [0.2, 0.25) is 6.41 Å². The van der Waals surface area contributed by atoms with Crippen LogP contribution in [0, 0.1) is 12.7 Å². The summed E-state index contributed by atoms with van der Waals surface area (Å²) in [7, 11) is 0. The Morgan fingerprint density at radius 1 is 1.15 bits per heavy atom. The molecule has 0 aliphatic carbocycles. The summed E-state index contributed by atoms with van der Waals surface area (Å²) < 4.78 is 12.3. The SMILES string of the molecule is Cc1ccccc1F.O=CNc1ccc(C(=O)NNC(=S)NCCCN2CCCCC2)c(Cl)c1. The molecule has 0 spiro atoms. The van der Waals surface area contributed by atoms with Crippen LogP contribution in [-0.2, 0) is 4.79 Å². The second-order valence-electron chi connectivity index (χ2n) is 7.80. The van der Waals surface area contributed by atoms with Crippen LogP contribution in [0.15, 0.2) is 42.5 Å². The number of hydrogen-bond donors (Lipinski definition) is 4. The van der Waals surface area contributed by atoms with E-state index in [-0.39, 0.29) is 16.4 Å². The van der Waals surface area contributed by atoms with Gasteiger partial charge in [0.15, 0.2) is 5.11 Å². The van der Waals surface area contributed by atoms with E-state index in [0.717, 1.165) is 19.5 Å². The average Bonchev–Trinajstić information content (AvgIpc) is 2.83. The van der Waals surface area contributed by atoms with Crippen LogP contribution in [0.3, 0.4) is 0 Å². The van der Waals surface area contributed by atoms with Gasteiger partial charge in [-0.15, -0.1) is 0 Å². The third-order valence-corrected chi connectivity index (χ3v) is 5.75. The number of carbonyl (C=O) groups is 2. The Labute approximate surface area is 210 Å². The van der Waals surface area contributed by atoms with Crippen molar-refractivity contribution in [1.82, 2.24) is 21.1 Å². The van der Waals surface area contributed by atoms with Crippen LogP contribution in [0.25, 0.3) is 0 Å². The van der Waals surface area contributed by atoms with Crippen molar-refractivity contribution in [1.29, 1.82) is 0 Å². The van der Waals surface area contributed by atoms with Crippen molar-refractivity contribution in [2.45, 2.75) is 32.6 Å². The molecule has 4 N–H and O–H groups in total. The number of hydrogen-bond acceptors (Lipinski definition) is 4. The predicted octanol–water partition coefficient (Wildman–Crippen LogP) is 4.03. The lowest BCUT2D eigenvalue weighted by molar-refractivity contribution is -0.105. The normalized spacial score (nSPS) is 13.1. The molecule has 0 unspecified atom stereocenters. The zero-order chi connectivity index (χ0) is 24.8. The van der Waals surface area contributed by atoms with Crippen LogP contribution in [-0.4, -0.2) is 48.5 Å². The van der Waals surface area contributed by atoms with Gasteiger partial charge in [-0.1, -0.05) is 36.2 Å². The van der Waals surface area contributed by atoms with Gasteiger partial charge in [0, 0.05) is 12.2 Å². The molecule has 0 bridgehead atoms. The number of aryl methyl sites for hydroxylation is 1. The maximum atomic E-state index is 12.3. The van der Waals surface area contributed by atoms with Crippen molar-refractivity contribution >= 4 is 46.9 Å². The molecule has 0 atom stereocenters. The van der Waals surface area contributed by atoms with Crippen molar-refractivity contribution < 1.29 is 14.0 Å². The van der Waals surface area contributed by atoms with E-state index in [0.29, 0.717) is 22.8 Å². The Hall–Kier alpha value is -2.75. The van der Waals surface area contributed by atoms with E-state index in [9.17, 15) is 14.0 Å². The average molecular weight is 508 g/mol. The predicted molar refractivity (Wildman–Crippen MR) is 138 cm³/mol. The second-order valence-corrected chi connectivity index (χ2v) is 8.61. The summed E-state index contributed by atoms with van der Waals surface area (Å²) in [6, 6.07) is 11.3. The lowest BCUT2D eigenvalue weighted by atomic mass is 10.1. The van der Waals surface area contributed by atoms with Gasteiger partial charge in [0.1, 0.15) is 5.82 Å². The maximum Gasteiger partial charge on any atom is 0.271 e. The van der Waals surface area contributed by atoms with E-state index in [1.807, 2.05) is 6.07 Å². The molecule has 10 heteroatoms. The van der Waals surface area contributed by atoms with Gasteiger partial charge in [0.05, 0.1) is 10.6 Å². The van der Waals surface area contributed by atoms with E-state index in [2.05, 4.69) is 26.4 Å². The van der Waals surface area contributed by atoms with Crippen LogP contribution in [0.2, 0.25) is 5.02 Å². The summed E-state index contributed by atoms with van der Waals surface area (Å²) in [6.45, 7) is 5.90. The van der Waals surface area contributed by atoms with E-state index in [1.54, 1.807) is 25.1 Å². The minimum Gasteiger partial charge on any atom is -0.361 e. The molecular weight excluding hydrogens is 477 g/mol. The number of nitrogens with zero attached hydrogens (tertiary/aromatic N) is 1. The molecule has 7 nitrogen and oxygen atoms in total. The zero-order valence-corrected chi connectivity index (χ0v) is 20.8. The first kappa shape index (κ1) is 27.5. The minimum atomic E-state index is -0.412. The number of halogens is 2. The molecule has 34 heavy (non-hydrogen) atoms. The van der Waals surface area contributed by atoms with E-state index >= 15 is 0 Å². The number of likely N-dealkylation sites (tertiary alicyclic amines) is 1. The van der Waals surface area contributed by atoms with Crippen molar-refractivity contribution in [3.8, 4) is 0 Å². The highest BCUT2D eigenvalue weighted by Gasteiger charge is 2.12. The first-order valence-electron chi connectivity index (χ1n) is 11.2. The number of benzene rings is 2. The van der Waals surface area contributed by atoms with Gasteiger partial charge >= 0.3 is 0 Å². The quantitative estimate of drug-likeness (QED) is 0.196. The Morgan fingerprint density at radius 2 is 1.88 bits per heavy atom. The Kier molecular flexibility index (Phi) is 12.3. The van der Waals surface area contributed by atoms with Gasteiger partial charge in [0.25, 0.3) is 5.91 Å². The molecule has 2 aromatic carbocycles. The lowest BCUT2D eigenvalue weighted by Gasteiger charge is -2.26. The molecule has 1 aliphatic rings. The largest absolute Gasteiger partial charge is 0.361 e. The number of nitrogens with one attached hydrogen (secondary N) is 4. The summed E-state index contributed by atoms with van der Waals surface area (Å²) >= 11 is 11.2. The van der Waals surface area contributed by atoms with Gasteiger partial charge in [-0.25, -0.2) is 4.39 Å². The van der Waals surface area contributed by atoms with Crippen LogP contribution >= 0.6 is 23.8 Å². The maximum absolute atomic E-state index is 12.3. The number of piperidine rings is 1. The third-order valence-electron chi connectivity index (χ3n) is 5.19. The standard InChI is InChI=1S/C17H24ClN5O2S.C7H7F/c18-15-11-13(20-12-24)5-6-14(15)16(25)21-22-17(26)19-7-4-10-23-8-2-1-3-9-23;1-6-4-2-3-5-7(6)8/h5-6,11-12H,1-4,7-10H2,(H,20,24)(H,21,25)(H2,19,22,26);2-5H,1H3. The lowest BCUT2D eigenvalue weighted by Crippen LogP contribution is -2.47. The number of amides is 2. The number of thiocarbonyl (C=S) groups is 1. The fourth-order valence-corrected chi connectivity index (χ4v) is 3.74. The van der Waals surface area contributed by atoms with E-state index < -0.39 is 5.91 Å². The van der Waals surface area contributed by atoms with Crippen LogP contribution in [0.1, 0.15) is 41.6 Å². The molecular formula is C24H31ClFN5O2S. The first-order chi connectivity index (χ1) is 16.4. The zero-order valence-electron chi connectivity index (χ0n) is 19.2. The van der Waals surface area contributed by atoms with Crippen molar-refractivity contribution in [3.05, 3.63) is 64.4 Å². The summed E-state index contributed by atoms with van der Waals surface area (Å²) in [5.74, 6) is -0.544. The Morgan fingerprint density at radius 3 is 2.50 bits per heavy atom. The van der Waals surface area contributed by atoms with Gasteiger partial charge < -0.3 is 15.5 Å². The summed E-state index contributed by atoms with van der Waals surface area (Å²) in [5, 5.41) is 6.12. The second kappa shape index (κ2) is 15.2. The summed E-state index contributed by atoms with van der Waals surface area (Å²) in [6.07, 6.45) is 5.44. The van der Waals surface area contributed by atoms with E-state index in [1.165, 1.54) is 50.6 Å². The molecule has 0 radical (unpaired) electrons. The number of anilines is 1. The fraction of sp³-hybridized carbons (Fsp3) is 0.375.